The fraction of sp³-hybridized carbons (Fsp3) is 0. The monoisotopic (exact) mass is 232 g/mol. The van der Waals surface area contributed by atoms with E-state index in [9.17, 15) is 10.1 Å². The van der Waals surface area contributed by atoms with Gasteiger partial charge in [-0.25, -0.2) is 0 Å². The number of aromatic nitrogens is 2. The topological polar surface area (TPSA) is 99.8 Å². The lowest BCUT2D eigenvalue weighted by Gasteiger charge is -2.05. The van der Waals surface area contributed by atoms with Crippen molar-refractivity contribution in [1.29, 1.82) is 0 Å². The Morgan fingerprint density at radius 2 is 2.06 bits per heavy atom. The summed E-state index contributed by atoms with van der Waals surface area (Å²) in [5.74, 6) is 0.341. The molecular formula is C9H8N6O2. The van der Waals surface area contributed by atoms with Gasteiger partial charge in [0, 0.05) is 11.2 Å². The van der Waals surface area contributed by atoms with E-state index >= 15 is 0 Å². The lowest BCUT2D eigenvalue weighted by atomic mass is 10.3. The number of H-pyrrole nitrogens is 1. The average molecular weight is 232 g/mol. The van der Waals surface area contributed by atoms with E-state index in [4.69, 9.17) is 0 Å². The number of nitrogens with zero attached hydrogens (tertiary/aromatic N) is 5. The largest absolute Gasteiger partial charge is 0.339 e. The first kappa shape index (κ1) is 10.7. The van der Waals surface area contributed by atoms with Crippen molar-refractivity contribution in [3.8, 4) is 0 Å². The number of nitro groups is 1. The van der Waals surface area contributed by atoms with E-state index in [1.807, 2.05) is 0 Å². The van der Waals surface area contributed by atoms with Crippen LogP contribution in [0.4, 0.5) is 11.5 Å². The summed E-state index contributed by atoms with van der Waals surface area (Å²) in [7, 11) is 0. The van der Waals surface area contributed by atoms with Gasteiger partial charge >= 0.3 is 0 Å². The fourth-order valence-electron chi connectivity index (χ4n) is 1.13. The zero-order chi connectivity index (χ0) is 12.1. The smallest absolute Gasteiger partial charge is 0.198 e. The molecule has 0 fully saturated rings. The number of nitrogens with one attached hydrogen (secondary N) is 1. The van der Waals surface area contributed by atoms with Gasteiger partial charge in [0.05, 0.1) is 16.3 Å². The Kier molecular flexibility index (Phi) is 3.05. The fourth-order valence-corrected chi connectivity index (χ4v) is 1.13. The van der Waals surface area contributed by atoms with Gasteiger partial charge in [-0.1, -0.05) is 18.2 Å². The highest BCUT2D eigenvalue weighted by atomic mass is 16.7. The first-order valence-corrected chi connectivity index (χ1v) is 4.68. The second-order valence-electron chi connectivity index (χ2n) is 2.99. The number of anilines is 1. The molecule has 0 aliphatic carbocycles. The van der Waals surface area contributed by atoms with Gasteiger partial charge < -0.3 is 10.1 Å². The van der Waals surface area contributed by atoms with Crippen LogP contribution in [0.25, 0.3) is 0 Å². The average Bonchev–Trinajstić information content (AvgIpc) is 2.83. The molecule has 86 valence electrons. The minimum absolute atomic E-state index is 0.320. The highest BCUT2D eigenvalue weighted by Gasteiger charge is 2.16. The van der Waals surface area contributed by atoms with Gasteiger partial charge in [-0.15, -0.1) is 0 Å². The Morgan fingerprint density at radius 1 is 1.29 bits per heavy atom. The lowest BCUT2D eigenvalue weighted by Crippen LogP contribution is -2.22. The summed E-state index contributed by atoms with van der Waals surface area (Å²) in [5.41, 5.74) is 0.320. The molecule has 0 aliphatic heterocycles. The van der Waals surface area contributed by atoms with E-state index in [-0.39, 0.29) is 0 Å². The second kappa shape index (κ2) is 4.84. The van der Waals surface area contributed by atoms with Crippen molar-refractivity contribution in [2.24, 2.45) is 10.3 Å². The van der Waals surface area contributed by atoms with Gasteiger partial charge in [0.1, 0.15) is 5.69 Å². The molecule has 0 radical (unpaired) electrons. The Morgan fingerprint density at radius 3 is 2.65 bits per heavy atom. The van der Waals surface area contributed by atoms with Gasteiger partial charge in [-0.3, -0.25) is 5.10 Å². The van der Waals surface area contributed by atoms with Crippen LogP contribution >= 0.6 is 0 Å². The minimum Gasteiger partial charge on any atom is -0.339 e. The van der Waals surface area contributed by atoms with Crippen LogP contribution in [0.1, 0.15) is 0 Å². The van der Waals surface area contributed by atoms with E-state index in [1.54, 1.807) is 36.4 Å². The zero-order valence-electron chi connectivity index (χ0n) is 8.59. The maximum atomic E-state index is 10.8. The van der Waals surface area contributed by atoms with Crippen LogP contribution in [0.5, 0.6) is 0 Å². The molecule has 0 unspecified atom stereocenters. The van der Waals surface area contributed by atoms with Crippen molar-refractivity contribution in [2.45, 2.75) is 0 Å². The van der Waals surface area contributed by atoms with Gasteiger partial charge in [0.15, 0.2) is 11.0 Å². The molecule has 0 amide bonds. The van der Waals surface area contributed by atoms with Crippen molar-refractivity contribution in [1.82, 2.24) is 10.2 Å². The molecule has 0 bridgehead atoms. The molecule has 1 aromatic heterocycles. The molecule has 1 heterocycles. The Bertz CT molecular complexity index is 510. The van der Waals surface area contributed by atoms with Crippen LogP contribution in [-0.2, 0) is 0 Å². The number of benzene rings is 1. The third-order valence-corrected chi connectivity index (χ3v) is 1.87. The molecule has 1 N–H and O–H groups in total. The van der Waals surface area contributed by atoms with Gasteiger partial charge in [-0.05, 0) is 12.1 Å². The number of aromatic amines is 1. The molecule has 8 heteroatoms. The van der Waals surface area contributed by atoms with Crippen molar-refractivity contribution in [2.75, 3.05) is 5.12 Å². The normalized spacial score (nSPS) is 10.6. The van der Waals surface area contributed by atoms with Crippen molar-refractivity contribution >= 4 is 11.5 Å². The summed E-state index contributed by atoms with van der Waals surface area (Å²) in [6, 6.07) is 9.79. The van der Waals surface area contributed by atoms with Crippen LogP contribution in [0.2, 0.25) is 0 Å². The van der Waals surface area contributed by atoms with Gasteiger partial charge in [-0.2, -0.15) is 5.10 Å². The maximum absolute atomic E-state index is 10.8. The Labute approximate surface area is 95.7 Å². The number of rotatable bonds is 4. The molecule has 1 aromatic carbocycles. The van der Waals surface area contributed by atoms with E-state index in [0.29, 0.717) is 16.6 Å². The summed E-state index contributed by atoms with van der Waals surface area (Å²) in [4.78, 5) is 10.8. The molecule has 17 heavy (non-hydrogen) atoms. The van der Waals surface area contributed by atoms with Gasteiger partial charge in [0.2, 0.25) is 0 Å². The van der Waals surface area contributed by atoms with Crippen molar-refractivity contribution < 1.29 is 5.03 Å². The molecule has 0 atom stereocenters. The molecule has 0 aliphatic rings. The Hall–Kier alpha value is -2.77. The number of hydrogen-bond acceptors (Lipinski definition) is 5. The van der Waals surface area contributed by atoms with E-state index in [2.05, 4.69) is 20.5 Å². The molecule has 0 saturated carbocycles. The standard InChI is InChI=1S/C9H8N6O2/c16-15(17)14(8-4-2-1-3-5-8)13-12-9-6-7-10-11-9/h1-7H,(H,10,11). The highest BCUT2D eigenvalue weighted by Crippen LogP contribution is 2.15. The van der Waals surface area contributed by atoms with E-state index in [0.717, 1.165) is 0 Å². The number of hydrazine groups is 1. The van der Waals surface area contributed by atoms with E-state index in [1.165, 1.54) is 6.20 Å². The second-order valence-corrected chi connectivity index (χ2v) is 2.99. The SMILES string of the molecule is O=[N+]([O-])N(N=Nc1ccn[nH]1)c1ccccc1. The lowest BCUT2D eigenvalue weighted by molar-refractivity contribution is -0.496. The molecular weight excluding hydrogens is 224 g/mol. The highest BCUT2D eigenvalue weighted by molar-refractivity contribution is 5.41. The minimum atomic E-state index is -0.658. The molecule has 8 nitrogen and oxygen atoms in total. The third kappa shape index (κ3) is 2.62. The summed E-state index contributed by atoms with van der Waals surface area (Å²) in [5, 5.41) is 24.1. The maximum Gasteiger partial charge on any atom is 0.198 e. The predicted molar refractivity (Wildman–Crippen MR) is 59.0 cm³/mol. The van der Waals surface area contributed by atoms with Crippen LogP contribution in [0.15, 0.2) is 52.9 Å². The molecule has 0 saturated heterocycles. The first-order chi connectivity index (χ1) is 8.27. The van der Waals surface area contributed by atoms with Crippen LogP contribution in [0.3, 0.4) is 0 Å². The van der Waals surface area contributed by atoms with Crippen LogP contribution < -0.4 is 5.12 Å². The third-order valence-electron chi connectivity index (χ3n) is 1.87. The zero-order valence-corrected chi connectivity index (χ0v) is 8.59. The van der Waals surface area contributed by atoms with Gasteiger partial charge in [0.25, 0.3) is 0 Å². The summed E-state index contributed by atoms with van der Waals surface area (Å²) in [6.07, 6.45) is 1.48. The van der Waals surface area contributed by atoms with E-state index < -0.39 is 5.03 Å². The molecule has 0 spiro atoms. The van der Waals surface area contributed by atoms with Crippen molar-refractivity contribution in [3.63, 3.8) is 0 Å². The number of hydrogen-bond donors (Lipinski definition) is 1. The number of para-hydroxylation sites is 1. The van der Waals surface area contributed by atoms with Crippen LogP contribution in [0, 0.1) is 10.1 Å². The molecule has 2 rings (SSSR count). The first-order valence-electron chi connectivity index (χ1n) is 4.68. The van der Waals surface area contributed by atoms with Crippen LogP contribution in [-0.4, -0.2) is 15.2 Å². The summed E-state index contributed by atoms with van der Waals surface area (Å²) >= 11 is 0. The summed E-state index contributed by atoms with van der Waals surface area (Å²) < 4.78 is 0. The predicted octanol–water partition coefficient (Wildman–Crippen LogP) is 2.11. The Balaban J connectivity index is 2.22. The molecule has 2 aromatic rings. The van der Waals surface area contributed by atoms with Crippen molar-refractivity contribution in [3.05, 3.63) is 52.7 Å². The summed E-state index contributed by atoms with van der Waals surface area (Å²) in [6.45, 7) is 0. The quantitative estimate of drug-likeness (QED) is 0.495.